The number of amides is 2. The summed E-state index contributed by atoms with van der Waals surface area (Å²) in [6.45, 7) is 0.269. The summed E-state index contributed by atoms with van der Waals surface area (Å²) in [5.41, 5.74) is 1.33. The molecular weight excluding hydrogens is 352 g/mol. The first kappa shape index (κ1) is 17.6. The molecule has 0 radical (unpaired) electrons. The predicted molar refractivity (Wildman–Crippen MR) is 98.2 cm³/mol. The van der Waals surface area contributed by atoms with Crippen molar-refractivity contribution in [2.24, 2.45) is 0 Å². The molecule has 8 heteroatoms. The van der Waals surface area contributed by atoms with Gasteiger partial charge in [-0.25, -0.2) is 0 Å². The lowest BCUT2D eigenvalue weighted by atomic mass is 10.2. The van der Waals surface area contributed by atoms with E-state index in [2.05, 4.69) is 10.3 Å². The first-order valence-corrected chi connectivity index (χ1v) is 8.77. The van der Waals surface area contributed by atoms with E-state index in [1.54, 1.807) is 37.6 Å². The Hall–Kier alpha value is -3.18. The van der Waals surface area contributed by atoms with Gasteiger partial charge in [0.05, 0.1) is 19.4 Å². The van der Waals surface area contributed by atoms with E-state index in [1.165, 1.54) is 16.7 Å². The first-order chi connectivity index (χ1) is 12.6. The van der Waals surface area contributed by atoms with Crippen LogP contribution in [0.25, 0.3) is 0 Å². The van der Waals surface area contributed by atoms with Crippen molar-refractivity contribution in [3.05, 3.63) is 58.9 Å². The summed E-state index contributed by atoms with van der Waals surface area (Å²) in [7, 11) is 1.56. The van der Waals surface area contributed by atoms with Gasteiger partial charge in [0.1, 0.15) is 22.4 Å². The molecule has 0 saturated carbocycles. The molecule has 26 heavy (non-hydrogen) atoms. The highest BCUT2D eigenvalue weighted by atomic mass is 32.2. The van der Waals surface area contributed by atoms with Crippen LogP contribution < -0.4 is 15.0 Å². The van der Waals surface area contributed by atoms with Gasteiger partial charge in [-0.05, 0) is 36.4 Å². The second kappa shape index (κ2) is 7.80. The fourth-order valence-corrected chi connectivity index (χ4v) is 3.49. The summed E-state index contributed by atoms with van der Waals surface area (Å²) in [6.07, 6.45) is 1.75. The van der Waals surface area contributed by atoms with E-state index in [1.807, 2.05) is 18.2 Å². The Labute approximate surface area is 154 Å². The molecule has 0 bridgehead atoms. The topological polar surface area (TPSA) is 98.2 Å². The highest BCUT2D eigenvalue weighted by molar-refractivity contribution is 8.04. The first-order valence-electron chi connectivity index (χ1n) is 7.78. The van der Waals surface area contributed by atoms with Gasteiger partial charge in [0.15, 0.2) is 0 Å². The summed E-state index contributed by atoms with van der Waals surface area (Å²) in [5.74, 6) is 0.136. The minimum Gasteiger partial charge on any atom is -0.497 e. The van der Waals surface area contributed by atoms with Crippen molar-refractivity contribution < 1.29 is 14.3 Å². The molecule has 1 aromatic heterocycles. The number of benzene rings is 1. The number of aromatic nitrogens is 1. The van der Waals surface area contributed by atoms with Crippen molar-refractivity contribution in [3.8, 4) is 11.8 Å². The minimum absolute atomic E-state index is 0.0803. The molecule has 1 saturated heterocycles. The van der Waals surface area contributed by atoms with Crippen molar-refractivity contribution in [1.82, 2.24) is 10.3 Å². The SMILES string of the molecule is COc1ccc(N2C(=O)CSC2=C(C#N)C(=O)NCc2ccc[nH]2)cc1. The Balaban J connectivity index is 1.87. The van der Waals surface area contributed by atoms with Gasteiger partial charge in [-0.3, -0.25) is 14.5 Å². The normalized spacial score (nSPS) is 15.5. The van der Waals surface area contributed by atoms with Gasteiger partial charge >= 0.3 is 0 Å². The molecule has 0 unspecified atom stereocenters. The molecule has 132 valence electrons. The van der Waals surface area contributed by atoms with E-state index in [4.69, 9.17) is 4.74 Å². The number of carbonyl (C=O) groups is 2. The molecule has 2 amide bonds. The predicted octanol–water partition coefficient (Wildman–Crippen LogP) is 2.15. The van der Waals surface area contributed by atoms with Crippen LogP contribution in [0.2, 0.25) is 0 Å². The van der Waals surface area contributed by atoms with Crippen LogP contribution in [0.4, 0.5) is 5.69 Å². The number of nitrogens with one attached hydrogen (secondary N) is 2. The Morgan fingerprint density at radius 3 is 2.77 bits per heavy atom. The number of ether oxygens (including phenoxy) is 1. The van der Waals surface area contributed by atoms with Crippen LogP contribution in [0.5, 0.6) is 5.75 Å². The highest BCUT2D eigenvalue weighted by Gasteiger charge is 2.33. The zero-order valence-electron chi connectivity index (χ0n) is 14.0. The van der Waals surface area contributed by atoms with Gasteiger partial charge in [0.25, 0.3) is 5.91 Å². The van der Waals surface area contributed by atoms with Crippen molar-refractivity contribution in [2.75, 3.05) is 17.8 Å². The molecular formula is C18H16N4O3S. The molecule has 1 fully saturated rings. The number of hydrogen-bond donors (Lipinski definition) is 2. The Morgan fingerprint density at radius 2 is 2.15 bits per heavy atom. The van der Waals surface area contributed by atoms with Crippen LogP contribution >= 0.6 is 11.8 Å². The average molecular weight is 368 g/mol. The molecule has 0 spiro atoms. The van der Waals surface area contributed by atoms with Crippen LogP contribution in [0.15, 0.2) is 53.2 Å². The molecule has 7 nitrogen and oxygen atoms in total. The summed E-state index contributed by atoms with van der Waals surface area (Å²) in [5, 5.41) is 12.5. The lowest BCUT2D eigenvalue weighted by Gasteiger charge is -2.18. The summed E-state index contributed by atoms with van der Waals surface area (Å²) < 4.78 is 5.12. The van der Waals surface area contributed by atoms with E-state index in [0.717, 1.165) is 5.69 Å². The maximum absolute atomic E-state index is 12.5. The summed E-state index contributed by atoms with van der Waals surface area (Å²) in [4.78, 5) is 29.2. The Kier molecular flexibility index (Phi) is 5.29. The minimum atomic E-state index is -0.516. The fraction of sp³-hybridized carbons (Fsp3) is 0.167. The van der Waals surface area contributed by atoms with Gasteiger partial charge in [-0.15, -0.1) is 0 Å². The number of anilines is 1. The standard InChI is InChI=1S/C18H16N4O3S/c1-25-14-6-4-13(5-7-14)22-16(23)11-26-18(22)15(9-19)17(24)21-10-12-3-2-8-20-12/h2-8,20H,10-11H2,1H3,(H,21,24). The third-order valence-corrected chi connectivity index (χ3v) is 4.82. The molecule has 1 aromatic carbocycles. The zero-order valence-corrected chi connectivity index (χ0v) is 14.8. The molecule has 2 aromatic rings. The molecule has 1 aliphatic heterocycles. The number of thioether (sulfide) groups is 1. The van der Waals surface area contributed by atoms with Crippen LogP contribution in [-0.4, -0.2) is 29.7 Å². The van der Waals surface area contributed by atoms with Crippen LogP contribution in [0.3, 0.4) is 0 Å². The maximum Gasteiger partial charge on any atom is 0.264 e. The number of carbonyl (C=O) groups excluding carboxylic acids is 2. The summed E-state index contributed by atoms with van der Waals surface area (Å²) in [6, 6.07) is 12.5. The molecule has 2 N–H and O–H groups in total. The molecule has 1 aliphatic rings. The Bertz CT molecular complexity index is 882. The van der Waals surface area contributed by atoms with Crippen LogP contribution in [0.1, 0.15) is 5.69 Å². The maximum atomic E-state index is 12.5. The highest BCUT2D eigenvalue weighted by Crippen LogP contribution is 2.36. The average Bonchev–Trinajstić information content (AvgIpc) is 3.31. The van der Waals surface area contributed by atoms with Gasteiger partial charge in [-0.1, -0.05) is 11.8 Å². The number of H-pyrrole nitrogens is 1. The molecule has 0 aliphatic carbocycles. The van der Waals surface area contributed by atoms with Crippen molar-refractivity contribution in [3.63, 3.8) is 0 Å². The van der Waals surface area contributed by atoms with Crippen molar-refractivity contribution >= 4 is 29.3 Å². The number of nitriles is 1. The van der Waals surface area contributed by atoms with E-state index in [9.17, 15) is 14.9 Å². The van der Waals surface area contributed by atoms with Crippen molar-refractivity contribution in [1.29, 1.82) is 5.26 Å². The Morgan fingerprint density at radius 1 is 1.38 bits per heavy atom. The fourth-order valence-electron chi connectivity index (χ4n) is 2.49. The van der Waals surface area contributed by atoms with E-state index in [-0.39, 0.29) is 23.8 Å². The van der Waals surface area contributed by atoms with Gasteiger partial charge in [-0.2, -0.15) is 5.26 Å². The number of methoxy groups -OCH3 is 1. The number of hydrogen-bond acceptors (Lipinski definition) is 5. The van der Waals surface area contributed by atoms with Gasteiger partial charge in [0, 0.05) is 17.6 Å². The van der Waals surface area contributed by atoms with E-state index >= 15 is 0 Å². The molecule has 2 heterocycles. The van der Waals surface area contributed by atoms with Gasteiger partial charge in [0.2, 0.25) is 5.91 Å². The molecule has 3 rings (SSSR count). The van der Waals surface area contributed by atoms with E-state index in [0.29, 0.717) is 16.5 Å². The quantitative estimate of drug-likeness (QED) is 0.622. The third kappa shape index (κ3) is 3.58. The monoisotopic (exact) mass is 368 g/mol. The number of rotatable bonds is 5. The zero-order chi connectivity index (χ0) is 18.5. The largest absolute Gasteiger partial charge is 0.497 e. The second-order valence-corrected chi connectivity index (χ2v) is 6.35. The lowest BCUT2D eigenvalue weighted by molar-refractivity contribution is -0.117. The van der Waals surface area contributed by atoms with Gasteiger partial charge < -0.3 is 15.0 Å². The number of nitrogens with zero attached hydrogens (tertiary/aromatic N) is 2. The van der Waals surface area contributed by atoms with E-state index < -0.39 is 5.91 Å². The second-order valence-electron chi connectivity index (χ2n) is 5.39. The lowest BCUT2D eigenvalue weighted by Crippen LogP contribution is -2.29. The number of aromatic amines is 1. The molecule has 0 atom stereocenters. The summed E-state index contributed by atoms with van der Waals surface area (Å²) >= 11 is 1.18. The third-order valence-electron chi connectivity index (χ3n) is 3.77. The smallest absolute Gasteiger partial charge is 0.264 e. The van der Waals surface area contributed by atoms with Crippen molar-refractivity contribution in [2.45, 2.75) is 6.54 Å². The van der Waals surface area contributed by atoms with Crippen LogP contribution in [-0.2, 0) is 16.1 Å². The van der Waals surface area contributed by atoms with Crippen LogP contribution in [0, 0.1) is 11.3 Å².